The van der Waals surface area contributed by atoms with Gasteiger partial charge in [-0.05, 0) is 64.3 Å². The number of ether oxygens (including phenoxy) is 1. The van der Waals surface area contributed by atoms with Crippen LogP contribution in [0.4, 0.5) is 10.5 Å². The summed E-state index contributed by atoms with van der Waals surface area (Å²) < 4.78 is 6.02. The third kappa shape index (κ3) is 5.07. The van der Waals surface area contributed by atoms with Gasteiger partial charge in [0.05, 0.1) is 4.47 Å². The molecule has 2 aromatic rings. The average molecular weight is 468 g/mol. The molecule has 1 aliphatic rings. The zero-order valence-corrected chi connectivity index (χ0v) is 17.7. The molecule has 152 valence electrons. The van der Waals surface area contributed by atoms with Crippen molar-refractivity contribution >= 4 is 45.5 Å². The second-order valence-electron chi connectivity index (χ2n) is 6.48. The minimum Gasteiger partial charge on any atom is -0.480 e. The van der Waals surface area contributed by atoms with E-state index in [4.69, 9.17) is 11.2 Å². The fourth-order valence-electron chi connectivity index (χ4n) is 2.79. The van der Waals surface area contributed by atoms with Crippen LogP contribution in [0.3, 0.4) is 0 Å². The van der Waals surface area contributed by atoms with Crippen LogP contribution >= 0.6 is 15.9 Å². The first-order valence-electron chi connectivity index (χ1n) is 8.94. The SMILES string of the molecule is C#CCOc1ccc(/C=C2/NC(=O)N(CC(=O)Nc3cccc(C)c3)C2=O)cc1Br. The number of urea groups is 1. The van der Waals surface area contributed by atoms with E-state index in [-0.39, 0.29) is 12.3 Å². The van der Waals surface area contributed by atoms with Gasteiger partial charge in [0.15, 0.2) is 0 Å². The molecule has 3 rings (SSSR count). The predicted molar refractivity (Wildman–Crippen MR) is 117 cm³/mol. The first-order chi connectivity index (χ1) is 14.4. The van der Waals surface area contributed by atoms with E-state index in [0.29, 0.717) is 21.5 Å². The Morgan fingerprint density at radius 1 is 1.30 bits per heavy atom. The van der Waals surface area contributed by atoms with E-state index in [2.05, 4.69) is 32.5 Å². The minimum absolute atomic E-state index is 0.0764. The van der Waals surface area contributed by atoms with Crippen molar-refractivity contribution in [3.05, 3.63) is 63.8 Å². The number of anilines is 1. The summed E-state index contributed by atoms with van der Waals surface area (Å²) in [4.78, 5) is 37.9. The van der Waals surface area contributed by atoms with Crippen LogP contribution in [0.2, 0.25) is 0 Å². The van der Waals surface area contributed by atoms with Crippen LogP contribution in [0.5, 0.6) is 5.75 Å². The number of carbonyl (C=O) groups is 3. The van der Waals surface area contributed by atoms with E-state index in [0.717, 1.165) is 10.5 Å². The van der Waals surface area contributed by atoms with E-state index >= 15 is 0 Å². The predicted octanol–water partition coefficient (Wildman–Crippen LogP) is 3.30. The van der Waals surface area contributed by atoms with Crippen LogP contribution in [-0.2, 0) is 9.59 Å². The van der Waals surface area contributed by atoms with E-state index in [9.17, 15) is 14.4 Å². The lowest BCUT2D eigenvalue weighted by Crippen LogP contribution is -2.38. The standard InChI is InChI=1S/C22H18BrN3O4/c1-3-9-30-19-8-7-15(11-17(19)23)12-18-21(28)26(22(29)25-18)13-20(27)24-16-6-4-5-14(2)10-16/h1,4-8,10-12H,9,13H2,2H3,(H,24,27)(H,25,29)/b18-12+. The Hall–Kier alpha value is -3.57. The number of nitrogens with one attached hydrogen (secondary N) is 2. The van der Waals surface area contributed by atoms with Gasteiger partial charge in [-0.2, -0.15) is 0 Å². The second kappa shape index (κ2) is 9.29. The molecule has 2 aromatic carbocycles. The molecule has 4 amide bonds. The van der Waals surface area contributed by atoms with Crippen LogP contribution in [-0.4, -0.2) is 35.9 Å². The summed E-state index contributed by atoms with van der Waals surface area (Å²) >= 11 is 3.38. The zero-order chi connectivity index (χ0) is 21.7. The number of rotatable bonds is 6. The monoisotopic (exact) mass is 467 g/mol. The molecule has 0 unspecified atom stereocenters. The number of nitrogens with zero attached hydrogens (tertiary/aromatic N) is 1. The van der Waals surface area contributed by atoms with E-state index in [1.54, 1.807) is 36.4 Å². The second-order valence-corrected chi connectivity index (χ2v) is 7.33. The van der Waals surface area contributed by atoms with Gasteiger partial charge in [-0.25, -0.2) is 9.69 Å². The maximum absolute atomic E-state index is 12.6. The Morgan fingerprint density at radius 3 is 2.80 bits per heavy atom. The molecule has 1 fully saturated rings. The van der Waals surface area contributed by atoms with Gasteiger partial charge >= 0.3 is 6.03 Å². The quantitative estimate of drug-likeness (QED) is 0.387. The van der Waals surface area contributed by atoms with Gasteiger partial charge in [0.1, 0.15) is 24.6 Å². The molecule has 1 aliphatic heterocycles. The molecule has 1 saturated heterocycles. The molecule has 1 heterocycles. The third-order valence-electron chi connectivity index (χ3n) is 4.14. The Balaban J connectivity index is 1.69. The smallest absolute Gasteiger partial charge is 0.329 e. The molecule has 2 N–H and O–H groups in total. The zero-order valence-electron chi connectivity index (χ0n) is 16.1. The topological polar surface area (TPSA) is 87.7 Å². The molecule has 0 atom stereocenters. The van der Waals surface area contributed by atoms with Gasteiger partial charge in [0.25, 0.3) is 5.91 Å². The van der Waals surface area contributed by atoms with Gasteiger partial charge < -0.3 is 15.4 Å². The Morgan fingerprint density at radius 2 is 2.10 bits per heavy atom. The van der Waals surface area contributed by atoms with Crippen LogP contribution < -0.4 is 15.4 Å². The fourth-order valence-corrected chi connectivity index (χ4v) is 3.30. The van der Waals surface area contributed by atoms with Crippen molar-refractivity contribution < 1.29 is 19.1 Å². The molecule has 0 spiro atoms. The number of benzene rings is 2. The van der Waals surface area contributed by atoms with Crippen molar-refractivity contribution in [1.29, 1.82) is 0 Å². The third-order valence-corrected chi connectivity index (χ3v) is 4.76. The van der Waals surface area contributed by atoms with Crippen LogP contribution in [0.1, 0.15) is 11.1 Å². The summed E-state index contributed by atoms with van der Waals surface area (Å²) in [7, 11) is 0. The highest BCUT2D eigenvalue weighted by atomic mass is 79.9. The highest BCUT2D eigenvalue weighted by Crippen LogP contribution is 2.27. The molecule has 0 aliphatic carbocycles. The van der Waals surface area contributed by atoms with Gasteiger partial charge in [0.2, 0.25) is 5.91 Å². The Bertz CT molecular complexity index is 1090. The Kier molecular flexibility index (Phi) is 6.54. The van der Waals surface area contributed by atoms with Crippen molar-refractivity contribution in [1.82, 2.24) is 10.2 Å². The lowest BCUT2D eigenvalue weighted by atomic mass is 10.2. The molecule has 30 heavy (non-hydrogen) atoms. The lowest BCUT2D eigenvalue weighted by molar-refractivity contribution is -0.127. The molecular weight excluding hydrogens is 450 g/mol. The van der Waals surface area contributed by atoms with Crippen LogP contribution in [0.15, 0.2) is 52.6 Å². The number of hydrogen-bond donors (Lipinski definition) is 2. The average Bonchev–Trinajstić information content (AvgIpc) is 2.95. The van der Waals surface area contributed by atoms with Gasteiger partial charge in [-0.3, -0.25) is 9.59 Å². The van der Waals surface area contributed by atoms with E-state index in [1.165, 1.54) is 6.08 Å². The van der Waals surface area contributed by atoms with Crippen molar-refractivity contribution in [2.75, 3.05) is 18.5 Å². The van der Waals surface area contributed by atoms with Gasteiger partial charge in [0, 0.05) is 5.69 Å². The van der Waals surface area contributed by atoms with Crippen molar-refractivity contribution in [2.45, 2.75) is 6.92 Å². The maximum atomic E-state index is 12.6. The number of carbonyl (C=O) groups excluding carboxylic acids is 3. The maximum Gasteiger partial charge on any atom is 0.329 e. The summed E-state index contributed by atoms with van der Waals surface area (Å²) in [6, 6.07) is 11.7. The summed E-state index contributed by atoms with van der Waals surface area (Å²) in [5.41, 5.74) is 2.31. The summed E-state index contributed by atoms with van der Waals surface area (Å²) in [6.45, 7) is 1.64. The molecule has 0 aromatic heterocycles. The molecule has 8 heteroatoms. The first-order valence-corrected chi connectivity index (χ1v) is 9.73. The first kappa shape index (κ1) is 21.1. The highest BCUT2D eigenvalue weighted by molar-refractivity contribution is 9.10. The van der Waals surface area contributed by atoms with Crippen molar-refractivity contribution in [3.63, 3.8) is 0 Å². The van der Waals surface area contributed by atoms with Crippen LogP contribution in [0, 0.1) is 19.3 Å². The number of aryl methyl sites for hydroxylation is 1. The van der Waals surface area contributed by atoms with Gasteiger partial charge in [-0.15, -0.1) is 6.42 Å². The highest BCUT2D eigenvalue weighted by Gasteiger charge is 2.34. The van der Waals surface area contributed by atoms with E-state index < -0.39 is 24.4 Å². The van der Waals surface area contributed by atoms with Crippen molar-refractivity contribution in [3.8, 4) is 18.1 Å². The number of amides is 4. The largest absolute Gasteiger partial charge is 0.480 e. The number of halogens is 1. The number of hydrogen-bond acceptors (Lipinski definition) is 4. The van der Waals surface area contributed by atoms with Gasteiger partial charge in [-0.1, -0.05) is 24.1 Å². The number of imide groups is 1. The molecule has 0 saturated carbocycles. The molecule has 0 radical (unpaired) electrons. The summed E-state index contributed by atoms with van der Waals surface area (Å²) in [6.07, 6.45) is 6.70. The number of terminal acetylenes is 1. The van der Waals surface area contributed by atoms with Crippen molar-refractivity contribution in [2.24, 2.45) is 0 Å². The molecular formula is C22H18BrN3O4. The fraction of sp³-hybridized carbons (Fsp3) is 0.136. The molecule has 0 bridgehead atoms. The lowest BCUT2D eigenvalue weighted by Gasteiger charge is -2.12. The normalized spacial score (nSPS) is 14.4. The molecule has 7 nitrogen and oxygen atoms in total. The minimum atomic E-state index is -0.654. The summed E-state index contributed by atoms with van der Waals surface area (Å²) in [5, 5.41) is 5.17. The van der Waals surface area contributed by atoms with E-state index in [1.807, 2.05) is 13.0 Å². The summed E-state index contributed by atoms with van der Waals surface area (Å²) in [5.74, 6) is 1.89. The Labute approximate surface area is 182 Å². The van der Waals surface area contributed by atoms with Crippen LogP contribution in [0.25, 0.3) is 6.08 Å².